The fourth-order valence-electron chi connectivity index (χ4n) is 2.52. The molecule has 104 valence electrons. The highest BCUT2D eigenvalue weighted by Crippen LogP contribution is 2.23. The number of hydrogen-bond acceptors (Lipinski definition) is 2. The average Bonchev–Trinajstić information content (AvgIpc) is 2.77. The highest BCUT2D eigenvalue weighted by Gasteiger charge is 2.15. The summed E-state index contributed by atoms with van der Waals surface area (Å²) in [5.74, 6) is 1.66. The van der Waals surface area contributed by atoms with Crippen molar-refractivity contribution in [1.29, 1.82) is 0 Å². The van der Waals surface area contributed by atoms with Gasteiger partial charge in [-0.15, -0.1) is 11.6 Å². The Balaban J connectivity index is 2.29. The summed E-state index contributed by atoms with van der Waals surface area (Å²) in [6.45, 7) is 4.49. The van der Waals surface area contributed by atoms with Gasteiger partial charge in [-0.3, -0.25) is 0 Å². The van der Waals surface area contributed by atoms with Gasteiger partial charge in [0.25, 0.3) is 0 Å². The van der Waals surface area contributed by atoms with E-state index in [-0.39, 0.29) is 0 Å². The molecule has 0 aliphatic carbocycles. The van der Waals surface area contributed by atoms with Gasteiger partial charge in [-0.25, -0.2) is 9.97 Å². The van der Waals surface area contributed by atoms with Crippen molar-refractivity contribution in [3.8, 4) is 0 Å². The van der Waals surface area contributed by atoms with E-state index in [0.29, 0.717) is 11.9 Å². The normalized spacial score (nSPS) is 13.0. The molecule has 2 aromatic rings. The van der Waals surface area contributed by atoms with Crippen LogP contribution in [0.25, 0.3) is 11.2 Å². The van der Waals surface area contributed by atoms with Gasteiger partial charge in [-0.2, -0.15) is 0 Å². The van der Waals surface area contributed by atoms with Gasteiger partial charge in [0.05, 0.1) is 0 Å². The lowest BCUT2D eigenvalue weighted by Crippen LogP contribution is -2.10. The van der Waals surface area contributed by atoms with Crippen molar-refractivity contribution in [2.24, 2.45) is 0 Å². The number of pyridine rings is 1. The van der Waals surface area contributed by atoms with Crippen molar-refractivity contribution in [3.05, 3.63) is 24.2 Å². The Bertz CT molecular complexity index is 521. The number of fused-ring (bicyclic) bond motifs is 1. The van der Waals surface area contributed by atoms with E-state index < -0.39 is 0 Å². The Labute approximate surface area is 120 Å². The molecule has 0 spiro atoms. The topological polar surface area (TPSA) is 30.7 Å². The SMILES string of the molecule is CCCCCC(C)n1c(CCCl)nc2cccnc21. The van der Waals surface area contributed by atoms with Gasteiger partial charge in [-0.1, -0.05) is 26.2 Å². The van der Waals surface area contributed by atoms with Gasteiger partial charge in [0, 0.05) is 24.5 Å². The largest absolute Gasteiger partial charge is 0.310 e. The summed E-state index contributed by atoms with van der Waals surface area (Å²) < 4.78 is 2.27. The fourth-order valence-corrected chi connectivity index (χ4v) is 2.69. The quantitative estimate of drug-likeness (QED) is 0.557. The van der Waals surface area contributed by atoms with Crippen molar-refractivity contribution < 1.29 is 0 Å². The second kappa shape index (κ2) is 6.90. The predicted molar refractivity (Wildman–Crippen MR) is 80.8 cm³/mol. The summed E-state index contributed by atoms with van der Waals surface area (Å²) in [5.41, 5.74) is 1.97. The fraction of sp³-hybridized carbons (Fsp3) is 0.600. The van der Waals surface area contributed by atoms with Crippen molar-refractivity contribution in [1.82, 2.24) is 14.5 Å². The van der Waals surface area contributed by atoms with E-state index in [2.05, 4.69) is 28.4 Å². The first kappa shape index (κ1) is 14.3. The van der Waals surface area contributed by atoms with E-state index in [4.69, 9.17) is 11.6 Å². The van der Waals surface area contributed by atoms with Gasteiger partial charge >= 0.3 is 0 Å². The molecule has 0 saturated heterocycles. The molecule has 0 aromatic carbocycles. The lowest BCUT2D eigenvalue weighted by Gasteiger charge is -2.16. The summed E-state index contributed by atoms with van der Waals surface area (Å²) in [4.78, 5) is 9.16. The van der Waals surface area contributed by atoms with E-state index in [9.17, 15) is 0 Å². The summed E-state index contributed by atoms with van der Waals surface area (Å²) in [5, 5.41) is 0. The van der Waals surface area contributed by atoms with Crippen LogP contribution in [0.4, 0.5) is 0 Å². The van der Waals surface area contributed by atoms with Gasteiger partial charge in [0.15, 0.2) is 5.65 Å². The number of rotatable bonds is 7. The molecule has 0 amide bonds. The number of hydrogen-bond donors (Lipinski definition) is 0. The van der Waals surface area contributed by atoms with Gasteiger partial charge in [0.2, 0.25) is 0 Å². The first-order valence-corrected chi connectivity index (χ1v) is 7.69. The summed E-state index contributed by atoms with van der Waals surface area (Å²) in [7, 11) is 0. The third-order valence-corrected chi connectivity index (χ3v) is 3.70. The zero-order chi connectivity index (χ0) is 13.7. The molecule has 0 fully saturated rings. The number of alkyl halides is 1. The molecule has 1 atom stereocenters. The molecule has 0 aliphatic rings. The number of aromatic nitrogens is 3. The average molecular weight is 280 g/mol. The highest BCUT2D eigenvalue weighted by atomic mass is 35.5. The first-order chi connectivity index (χ1) is 9.27. The molecule has 0 aliphatic heterocycles. The molecule has 2 aromatic heterocycles. The number of unbranched alkanes of at least 4 members (excludes halogenated alkanes) is 2. The molecule has 2 rings (SSSR count). The number of halogens is 1. The second-order valence-electron chi connectivity index (χ2n) is 5.03. The van der Waals surface area contributed by atoms with E-state index in [0.717, 1.165) is 23.4 Å². The Morgan fingerprint density at radius 3 is 2.95 bits per heavy atom. The minimum atomic E-state index is 0.435. The van der Waals surface area contributed by atoms with Gasteiger partial charge in [-0.05, 0) is 25.5 Å². The molecule has 0 saturated carbocycles. The van der Waals surface area contributed by atoms with Crippen LogP contribution in [0.3, 0.4) is 0 Å². The van der Waals surface area contributed by atoms with Crippen molar-refractivity contribution in [2.45, 2.75) is 52.0 Å². The molecule has 19 heavy (non-hydrogen) atoms. The third-order valence-electron chi connectivity index (χ3n) is 3.51. The minimum Gasteiger partial charge on any atom is -0.310 e. The van der Waals surface area contributed by atoms with Crippen LogP contribution in [-0.2, 0) is 6.42 Å². The number of nitrogens with zero attached hydrogens (tertiary/aromatic N) is 3. The van der Waals surface area contributed by atoms with Crippen LogP contribution in [0.5, 0.6) is 0 Å². The maximum atomic E-state index is 5.89. The smallest absolute Gasteiger partial charge is 0.160 e. The predicted octanol–water partition coefficient (Wildman–Crippen LogP) is 4.35. The molecule has 1 unspecified atom stereocenters. The Hall–Kier alpha value is -1.09. The Kier molecular flexibility index (Phi) is 5.20. The molecule has 3 nitrogen and oxygen atoms in total. The van der Waals surface area contributed by atoms with E-state index in [1.165, 1.54) is 25.7 Å². The second-order valence-corrected chi connectivity index (χ2v) is 5.41. The van der Waals surface area contributed by atoms with Crippen LogP contribution < -0.4 is 0 Å². The summed E-state index contributed by atoms with van der Waals surface area (Å²) in [6, 6.07) is 4.39. The van der Waals surface area contributed by atoms with Crippen LogP contribution in [0.1, 0.15) is 51.4 Å². The summed E-state index contributed by atoms with van der Waals surface area (Å²) in [6.07, 6.45) is 7.61. The molecule has 0 radical (unpaired) electrons. The minimum absolute atomic E-state index is 0.435. The third kappa shape index (κ3) is 3.27. The first-order valence-electron chi connectivity index (χ1n) is 7.15. The standard InChI is InChI=1S/C15H22ClN3/c1-3-4-5-7-12(2)19-14(9-10-16)18-13-8-6-11-17-15(13)19/h6,8,11-12H,3-5,7,9-10H2,1-2H3. The molecular formula is C15H22ClN3. The highest BCUT2D eigenvalue weighted by molar-refractivity contribution is 6.17. The zero-order valence-corrected chi connectivity index (χ0v) is 12.5. The van der Waals surface area contributed by atoms with Crippen LogP contribution in [0, 0.1) is 0 Å². The van der Waals surface area contributed by atoms with Crippen LogP contribution >= 0.6 is 11.6 Å². The monoisotopic (exact) mass is 279 g/mol. The van der Waals surface area contributed by atoms with E-state index in [1.807, 2.05) is 18.3 Å². The molecule has 0 N–H and O–H groups in total. The zero-order valence-electron chi connectivity index (χ0n) is 11.8. The molecule has 4 heteroatoms. The van der Waals surface area contributed by atoms with Gasteiger partial charge < -0.3 is 4.57 Å². The van der Waals surface area contributed by atoms with Crippen LogP contribution in [-0.4, -0.2) is 20.4 Å². The van der Waals surface area contributed by atoms with Crippen molar-refractivity contribution in [2.75, 3.05) is 5.88 Å². The number of aryl methyl sites for hydroxylation is 1. The van der Waals surface area contributed by atoms with Gasteiger partial charge in [0.1, 0.15) is 11.3 Å². The lowest BCUT2D eigenvalue weighted by atomic mass is 10.1. The van der Waals surface area contributed by atoms with Crippen LogP contribution in [0.15, 0.2) is 18.3 Å². The molecule has 2 heterocycles. The summed E-state index contributed by atoms with van der Waals surface area (Å²) >= 11 is 5.89. The van der Waals surface area contributed by atoms with Crippen LogP contribution in [0.2, 0.25) is 0 Å². The Morgan fingerprint density at radius 1 is 1.37 bits per heavy atom. The Morgan fingerprint density at radius 2 is 2.21 bits per heavy atom. The van der Waals surface area contributed by atoms with Crippen molar-refractivity contribution in [3.63, 3.8) is 0 Å². The maximum Gasteiger partial charge on any atom is 0.160 e. The van der Waals surface area contributed by atoms with E-state index >= 15 is 0 Å². The van der Waals surface area contributed by atoms with E-state index in [1.54, 1.807) is 0 Å². The lowest BCUT2D eigenvalue weighted by molar-refractivity contribution is 0.472. The molecular weight excluding hydrogens is 258 g/mol. The van der Waals surface area contributed by atoms with Crippen molar-refractivity contribution >= 4 is 22.8 Å². The maximum absolute atomic E-state index is 5.89. The number of imidazole rings is 1. The molecule has 0 bridgehead atoms.